The van der Waals surface area contributed by atoms with Gasteiger partial charge in [-0.1, -0.05) is 24.3 Å². The number of benzene rings is 1. The second-order valence-corrected chi connectivity index (χ2v) is 3.26. The van der Waals surface area contributed by atoms with Crippen molar-refractivity contribution in [3.8, 4) is 0 Å². The van der Waals surface area contributed by atoms with Crippen LogP contribution < -0.4 is 0 Å². The average Bonchev–Trinajstić information content (AvgIpc) is 2.58. The van der Waals surface area contributed by atoms with Crippen molar-refractivity contribution < 1.29 is 0 Å². The Bertz CT molecular complexity index is 457. The number of hydrazone groups is 1. The van der Waals surface area contributed by atoms with E-state index >= 15 is 0 Å². The molecule has 3 heteroatoms. The number of rotatable bonds is 0. The third-order valence-electron chi connectivity index (χ3n) is 2.32. The Morgan fingerprint density at radius 2 is 2.14 bits per heavy atom. The van der Waals surface area contributed by atoms with Crippen LogP contribution in [0, 0.1) is 0 Å². The summed E-state index contributed by atoms with van der Waals surface area (Å²) in [5.41, 5.74) is 2.06. The third kappa shape index (κ3) is 1.06. The van der Waals surface area contributed by atoms with E-state index in [2.05, 4.69) is 16.2 Å². The first-order chi connectivity index (χ1) is 6.93. The molecule has 0 aliphatic carbocycles. The van der Waals surface area contributed by atoms with E-state index in [0.29, 0.717) is 0 Å². The van der Waals surface area contributed by atoms with Crippen LogP contribution in [0.3, 0.4) is 0 Å². The molecule has 1 aromatic carbocycles. The minimum absolute atomic E-state index is 0.823. The molecule has 14 heavy (non-hydrogen) atoms. The van der Waals surface area contributed by atoms with Crippen molar-refractivity contribution in [1.82, 2.24) is 5.01 Å². The molecule has 0 radical (unpaired) electrons. The van der Waals surface area contributed by atoms with Gasteiger partial charge >= 0.3 is 0 Å². The van der Waals surface area contributed by atoms with Crippen molar-refractivity contribution in [2.75, 3.05) is 6.54 Å². The summed E-state index contributed by atoms with van der Waals surface area (Å²) in [4.78, 5) is 4.53. The predicted molar refractivity (Wildman–Crippen MR) is 57.0 cm³/mol. The summed E-state index contributed by atoms with van der Waals surface area (Å²) in [7, 11) is 0. The van der Waals surface area contributed by atoms with E-state index in [-0.39, 0.29) is 0 Å². The van der Waals surface area contributed by atoms with Crippen LogP contribution in [0.15, 0.2) is 46.5 Å². The highest BCUT2D eigenvalue weighted by Crippen LogP contribution is 2.21. The summed E-state index contributed by atoms with van der Waals surface area (Å²) in [6, 6.07) is 8.02. The molecular weight excluding hydrogens is 174 g/mol. The van der Waals surface area contributed by atoms with Crippen molar-refractivity contribution in [1.29, 1.82) is 0 Å². The summed E-state index contributed by atoms with van der Waals surface area (Å²) >= 11 is 0. The molecule has 3 nitrogen and oxygen atoms in total. The van der Waals surface area contributed by atoms with Gasteiger partial charge < -0.3 is 0 Å². The van der Waals surface area contributed by atoms with Gasteiger partial charge in [-0.15, -0.1) is 0 Å². The number of amidine groups is 1. The zero-order chi connectivity index (χ0) is 9.38. The van der Waals surface area contributed by atoms with Gasteiger partial charge in [-0.25, -0.2) is 10.0 Å². The lowest BCUT2D eigenvalue weighted by Gasteiger charge is -2.08. The normalized spacial score (nSPS) is 17.4. The predicted octanol–water partition coefficient (Wildman–Crippen LogP) is 1.94. The van der Waals surface area contributed by atoms with Crippen molar-refractivity contribution in [2.45, 2.75) is 0 Å². The molecule has 68 valence electrons. The lowest BCUT2D eigenvalue weighted by Crippen LogP contribution is -2.18. The van der Waals surface area contributed by atoms with E-state index < -0.39 is 0 Å². The van der Waals surface area contributed by atoms with Crippen molar-refractivity contribution >= 4 is 17.7 Å². The van der Waals surface area contributed by atoms with E-state index in [1.54, 1.807) is 0 Å². The van der Waals surface area contributed by atoms with Crippen molar-refractivity contribution in [2.24, 2.45) is 10.1 Å². The van der Waals surface area contributed by atoms with Gasteiger partial charge in [0.2, 0.25) is 0 Å². The molecule has 0 amide bonds. The monoisotopic (exact) mass is 183 g/mol. The molecule has 0 spiro atoms. The fourth-order valence-electron chi connectivity index (χ4n) is 1.59. The minimum atomic E-state index is 0.823. The van der Waals surface area contributed by atoms with Crippen LogP contribution in [0.4, 0.5) is 5.69 Å². The Hall–Kier alpha value is -1.90. The van der Waals surface area contributed by atoms with Crippen LogP contribution >= 0.6 is 0 Å². The SMILES string of the molecule is C1=CC2=Nc3ccccc3C=NN2C1. The first-order valence-electron chi connectivity index (χ1n) is 4.59. The summed E-state index contributed by atoms with van der Waals surface area (Å²) < 4.78 is 0. The standard InChI is InChI=1S/C11H9N3/c1-2-5-10-9(4-1)8-12-14-7-3-6-11(14)13-10/h1-6,8H,7H2. The Balaban J connectivity index is 2.19. The molecule has 0 N–H and O–H groups in total. The first-order valence-corrected chi connectivity index (χ1v) is 4.59. The number of para-hydroxylation sites is 1. The van der Waals surface area contributed by atoms with Gasteiger partial charge in [0.05, 0.1) is 18.4 Å². The third-order valence-corrected chi connectivity index (χ3v) is 2.32. The van der Waals surface area contributed by atoms with Crippen LogP contribution in [0.2, 0.25) is 0 Å². The lowest BCUT2D eigenvalue weighted by atomic mass is 10.2. The summed E-state index contributed by atoms with van der Waals surface area (Å²) in [5.74, 6) is 0.922. The Morgan fingerprint density at radius 1 is 1.21 bits per heavy atom. The van der Waals surface area contributed by atoms with E-state index in [1.807, 2.05) is 41.6 Å². The molecule has 3 rings (SSSR count). The second kappa shape index (κ2) is 2.80. The average molecular weight is 183 g/mol. The van der Waals surface area contributed by atoms with E-state index in [1.165, 1.54) is 0 Å². The number of hydrogen-bond donors (Lipinski definition) is 0. The van der Waals surface area contributed by atoms with Crippen LogP contribution in [0.25, 0.3) is 0 Å². The minimum Gasteiger partial charge on any atom is -0.244 e. The molecule has 0 saturated carbocycles. The number of hydrogen-bond acceptors (Lipinski definition) is 3. The maximum Gasteiger partial charge on any atom is 0.149 e. The van der Waals surface area contributed by atoms with Gasteiger partial charge in [0.15, 0.2) is 0 Å². The molecule has 0 fully saturated rings. The highest BCUT2D eigenvalue weighted by atomic mass is 15.5. The topological polar surface area (TPSA) is 28.0 Å². The lowest BCUT2D eigenvalue weighted by molar-refractivity contribution is 0.515. The molecular formula is C11H9N3. The number of fused-ring (bicyclic) bond motifs is 2. The largest absolute Gasteiger partial charge is 0.244 e. The molecule has 0 aromatic heterocycles. The Kier molecular flexibility index (Phi) is 1.50. The van der Waals surface area contributed by atoms with Gasteiger partial charge in [0.25, 0.3) is 0 Å². The van der Waals surface area contributed by atoms with Crippen LogP contribution in [-0.4, -0.2) is 23.6 Å². The van der Waals surface area contributed by atoms with E-state index in [9.17, 15) is 0 Å². The first kappa shape index (κ1) is 7.50. The maximum absolute atomic E-state index is 4.53. The Morgan fingerprint density at radius 3 is 3.14 bits per heavy atom. The maximum atomic E-state index is 4.53. The van der Waals surface area contributed by atoms with Crippen molar-refractivity contribution in [3.05, 3.63) is 42.0 Å². The van der Waals surface area contributed by atoms with Gasteiger partial charge in [-0.3, -0.25) is 0 Å². The molecule has 2 aliphatic heterocycles. The smallest absolute Gasteiger partial charge is 0.149 e. The summed E-state index contributed by atoms with van der Waals surface area (Å²) in [6.45, 7) is 0.823. The van der Waals surface area contributed by atoms with Crippen LogP contribution in [0.5, 0.6) is 0 Å². The van der Waals surface area contributed by atoms with Gasteiger partial charge in [0, 0.05) is 5.56 Å². The zero-order valence-electron chi connectivity index (χ0n) is 7.59. The van der Waals surface area contributed by atoms with Gasteiger partial charge in [-0.2, -0.15) is 5.10 Å². The van der Waals surface area contributed by atoms with Crippen molar-refractivity contribution in [3.63, 3.8) is 0 Å². The zero-order valence-corrected chi connectivity index (χ0v) is 7.59. The molecule has 0 bridgehead atoms. The van der Waals surface area contributed by atoms with Gasteiger partial charge in [-0.05, 0) is 12.1 Å². The summed E-state index contributed by atoms with van der Waals surface area (Å²) in [5, 5.41) is 6.23. The van der Waals surface area contributed by atoms with Crippen LogP contribution in [-0.2, 0) is 0 Å². The molecule has 0 atom stereocenters. The second-order valence-electron chi connectivity index (χ2n) is 3.26. The molecule has 0 saturated heterocycles. The highest BCUT2D eigenvalue weighted by molar-refractivity contribution is 6.01. The van der Waals surface area contributed by atoms with E-state index in [0.717, 1.165) is 23.6 Å². The number of nitrogens with zero attached hydrogens (tertiary/aromatic N) is 3. The highest BCUT2D eigenvalue weighted by Gasteiger charge is 2.14. The molecule has 2 heterocycles. The fraction of sp³-hybridized carbons (Fsp3) is 0.0909. The molecule has 1 aromatic rings. The van der Waals surface area contributed by atoms with Gasteiger partial charge in [0.1, 0.15) is 5.84 Å². The number of aliphatic imine (C=N–C) groups is 1. The molecule has 2 aliphatic rings. The Labute approximate surface area is 82.1 Å². The van der Waals surface area contributed by atoms with Crippen LogP contribution in [0.1, 0.15) is 5.56 Å². The van der Waals surface area contributed by atoms with E-state index in [4.69, 9.17) is 0 Å². The fourth-order valence-corrected chi connectivity index (χ4v) is 1.59. The quantitative estimate of drug-likeness (QED) is 0.604. The summed E-state index contributed by atoms with van der Waals surface area (Å²) in [6.07, 6.45) is 5.92. The molecule has 0 unspecified atom stereocenters.